The first-order valence-corrected chi connectivity index (χ1v) is 5.39. The minimum absolute atomic E-state index is 0.0442. The lowest BCUT2D eigenvalue weighted by Crippen LogP contribution is -1.92. The Morgan fingerprint density at radius 1 is 1.35 bits per heavy atom. The SMILES string of the molecule is CCC(=O)c1cc(-c2ccc(OC)cc2)no1. The third kappa shape index (κ3) is 2.36. The van der Waals surface area contributed by atoms with Crippen LogP contribution in [0, 0.1) is 0 Å². The Balaban J connectivity index is 2.27. The summed E-state index contributed by atoms with van der Waals surface area (Å²) in [6, 6.07) is 9.08. The zero-order valence-electron chi connectivity index (χ0n) is 9.77. The molecule has 0 aliphatic carbocycles. The van der Waals surface area contributed by atoms with E-state index in [4.69, 9.17) is 9.26 Å². The highest BCUT2D eigenvalue weighted by atomic mass is 16.5. The number of Topliss-reactive ketones (excluding diaryl/α,β-unsaturated/α-hetero) is 1. The summed E-state index contributed by atoms with van der Waals surface area (Å²) in [5.74, 6) is 1.04. The Labute approximate surface area is 99.2 Å². The number of hydrogen-bond donors (Lipinski definition) is 0. The van der Waals surface area contributed by atoms with Crippen molar-refractivity contribution in [3.63, 3.8) is 0 Å². The van der Waals surface area contributed by atoms with Crippen molar-refractivity contribution < 1.29 is 14.1 Å². The van der Waals surface area contributed by atoms with Crippen LogP contribution < -0.4 is 4.74 Å². The molecule has 0 aliphatic heterocycles. The van der Waals surface area contributed by atoms with Crippen LogP contribution in [0.15, 0.2) is 34.9 Å². The molecule has 4 nitrogen and oxygen atoms in total. The Bertz CT molecular complexity index is 514. The Morgan fingerprint density at radius 3 is 2.65 bits per heavy atom. The van der Waals surface area contributed by atoms with E-state index >= 15 is 0 Å². The average molecular weight is 231 g/mol. The molecule has 0 amide bonds. The minimum Gasteiger partial charge on any atom is -0.497 e. The van der Waals surface area contributed by atoms with Crippen molar-refractivity contribution in [1.29, 1.82) is 0 Å². The lowest BCUT2D eigenvalue weighted by molar-refractivity contribution is 0.0952. The van der Waals surface area contributed by atoms with Gasteiger partial charge >= 0.3 is 0 Å². The van der Waals surface area contributed by atoms with Crippen LogP contribution in [0.3, 0.4) is 0 Å². The van der Waals surface area contributed by atoms with Crippen molar-refractivity contribution in [2.45, 2.75) is 13.3 Å². The monoisotopic (exact) mass is 231 g/mol. The van der Waals surface area contributed by atoms with Crippen LogP contribution in [-0.4, -0.2) is 18.0 Å². The van der Waals surface area contributed by atoms with Gasteiger partial charge in [0.15, 0.2) is 0 Å². The number of methoxy groups -OCH3 is 1. The minimum atomic E-state index is -0.0442. The molecule has 0 spiro atoms. The van der Waals surface area contributed by atoms with E-state index in [0.717, 1.165) is 11.3 Å². The van der Waals surface area contributed by atoms with Crippen LogP contribution in [0.1, 0.15) is 23.9 Å². The molecule has 2 rings (SSSR count). The summed E-state index contributed by atoms with van der Waals surface area (Å²) >= 11 is 0. The van der Waals surface area contributed by atoms with Gasteiger partial charge in [-0.3, -0.25) is 4.79 Å². The predicted molar refractivity (Wildman–Crippen MR) is 63.1 cm³/mol. The fraction of sp³-hybridized carbons (Fsp3) is 0.231. The van der Waals surface area contributed by atoms with Gasteiger partial charge in [-0.1, -0.05) is 12.1 Å². The van der Waals surface area contributed by atoms with Crippen molar-refractivity contribution >= 4 is 5.78 Å². The van der Waals surface area contributed by atoms with Crippen molar-refractivity contribution in [1.82, 2.24) is 5.16 Å². The molecule has 0 aliphatic rings. The quantitative estimate of drug-likeness (QED) is 0.759. The highest BCUT2D eigenvalue weighted by molar-refractivity contribution is 5.93. The topological polar surface area (TPSA) is 52.3 Å². The second kappa shape index (κ2) is 4.82. The van der Waals surface area contributed by atoms with Crippen molar-refractivity contribution in [2.75, 3.05) is 7.11 Å². The number of hydrogen-bond acceptors (Lipinski definition) is 4. The van der Waals surface area contributed by atoms with Crippen molar-refractivity contribution in [2.24, 2.45) is 0 Å². The summed E-state index contributed by atoms with van der Waals surface area (Å²) in [4.78, 5) is 11.4. The van der Waals surface area contributed by atoms with E-state index in [9.17, 15) is 4.79 Å². The summed E-state index contributed by atoms with van der Waals surface area (Å²) in [6.45, 7) is 1.79. The van der Waals surface area contributed by atoms with Gasteiger partial charge in [-0.2, -0.15) is 0 Å². The van der Waals surface area contributed by atoms with E-state index in [-0.39, 0.29) is 5.78 Å². The number of rotatable bonds is 4. The molecule has 4 heteroatoms. The number of carbonyl (C=O) groups is 1. The molecule has 88 valence electrons. The lowest BCUT2D eigenvalue weighted by Gasteiger charge is -1.99. The zero-order valence-corrected chi connectivity index (χ0v) is 9.77. The molecule has 0 saturated heterocycles. The predicted octanol–water partition coefficient (Wildman–Crippen LogP) is 2.94. The van der Waals surface area contributed by atoms with E-state index < -0.39 is 0 Å². The van der Waals surface area contributed by atoms with Crippen LogP contribution in [-0.2, 0) is 0 Å². The fourth-order valence-electron chi connectivity index (χ4n) is 1.48. The Kier molecular flexibility index (Phi) is 3.23. The van der Waals surface area contributed by atoms with Crippen LogP contribution >= 0.6 is 0 Å². The lowest BCUT2D eigenvalue weighted by atomic mass is 10.1. The molecule has 0 fully saturated rings. The van der Waals surface area contributed by atoms with Gasteiger partial charge in [0.1, 0.15) is 11.4 Å². The first-order valence-electron chi connectivity index (χ1n) is 5.39. The number of carbonyl (C=O) groups excluding carboxylic acids is 1. The smallest absolute Gasteiger partial charge is 0.203 e. The average Bonchev–Trinajstić information content (AvgIpc) is 2.87. The van der Waals surface area contributed by atoms with Gasteiger partial charge in [-0.05, 0) is 24.3 Å². The first kappa shape index (κ1) is 11.4. The van der Waals surface area contributed by atoms with Gasteiger partial charge in [0.2, 0.25) is 11.5 Å². The third-order valence-corrected chi connectivity index (χ3v) is 2.49. The molecule has 17 heavy (non-hydrogen) atoms. The molecular weight excluding hydrogens is 218 g/mol. The summed E-state index contributed by atoms with van der Waals surface area (Å²) in [5.41, 5.74) is 1.55. The molecule has 1 heterocycles. The maximum absolute atomic E-state index is 11.4. The summed E-state index contributed by atoms with van der Waals surface area (Å²) in [6.07, 6.45) is 0.414. The molecular formula is C13H13NO3. The van der Waals surface area contributed by atoms with E-state index in [1.54, 1.807) is 20.1 Å². The van der Waals surface area contributed by atoms with Crippen LogP contribution in [0.4, 0.5) is 0 Å². The van der Waals surface area contributed by atoms with E-state index in [2.05, 4.69) is 5.16 Å². The number of ether oxygens (including phenoxy) is 1. The summed E-state index contributed by atoms with van der Waals surface area (Å²) < 4.78 is 10.1. The molecule has 0 saturated carbocycles. The first-order chi connectivity index (χ1) is 8.24. The molecule has 0 radical (unpaired) electrons. The highest BCUT2D eigenvalue weighted by Gasteiger charge is 2.11. The van der Waals surface area contributed by atoms with Gasteiger partial charge in [-0.15, -0.1) is 0 Å². The van der Waals surface area contributed by atoms with Gasteiger partial charge in [0.05, 0.1) is 7.11 Å². The van der Waals surface area contributed by atoms with E-state index in [1.807, 2.05) is 24.3 Å². The number of nitrogens with zero attached hydrogens (tertiary/aromatic N) is 1. The summed E-state index contributed by atoms with van der Waals surface area (Å²) in [7, 11) is 1.61. The normalized spacial score (nSPS) is 10.2. The van der Waals surface area contributed by atoms with Crippen molar-refractivity contribution in [3.8, 4) is 17.0 Å². The van der Waals surface area contributed by atoms with Crippen LogP contribution in [0.2, 0.25) is 0 Å². The number of aromatic nitrogens is 1. The molecule has 0 atom stereocenters. The van der Waals surface area contributed by atoms with Gasteiger partial charge in [0, 0.05) is 18.1 Å². The van der Waals surface area contributed by atoms with Gasteiger partial charge in [-0.25, -0.2) is 0 Å². The third-order valence-electron chi connectivity index (χ3n) is 2.49. The molecule has 1 aromatic heterocycles. The maximum atomic E-state index is 11.4. The number of ketones is 1. The van der Waals surface area contributed by atoms with Gasteiger partial charge < -0.3 is 9.26 Å². The Morgan fingerprint density at radius 2 is 2.06 bits per heavy atom. The van der Waals surface area contributed by atoms with E-state index in [0.29, 0.717) is 17.9 Å². The van der Waals surface area contributed by atoms with E-state index in [1.165, 1.54) is 0 Å². The molecule has 0 bridgehead atoms. The zero-order chi connectivity index (χ0) is 12.3. The second-order valence-electron chi connectivity index (χ2n) is 3.58. The maximum Gasteiger partial charge on any atom is 0.203 e. The second-order valence-corrected chi connectivity index (χ2v) is 3.58. The molecule has 1 aromatic carbocycles. The van der Waals surface area contributed by atoms with Gasteiger partial charge in [0.25, 0.3) is 0 Å². The molecule has 2 aromatic rings. The standard InChI is InChI=1S/C13H13NO3/c1-3-12(15)13-8-11(14-17-13)9-4-6-10(16-2)7-5-9/h4-8H,3H2,1-2H3. The fourth-order valence-corrected chi connectivity index (χ4v) is 1.48. The largest absolute Gasteiger partial charge is 0.497 e. The number of benzene rings is 1. The highest BCUT2D eigenvalue weighted by Crippen LogP contribution is 2.22. The summed E-state index contributed by atoms with van der Waals surface area (Å²) in [5, 5.41) is 3.87. The van der Waals surface area contributed by atoms with Crippen LogP contribution in [0.5, 0.6) is 5.75 Å². The van der Waals surface area contributed by atoms with Crippen LogP contribution in [0.25, 0.3) is 11.3 Å². The van der Waals surface area contributed by atoms with Crippen molar-refractivity contribution in [3.05, 3.63) is 36.1 Å². The molecule has 0 unspecified atom stereocenters. The Hall–Kier alpha value is -2.10. The molecule has 0 N–H and O–H groups in total.